The average Bonchev–Trinajstić information content (AvgIpc) is 3.09. The van der Waals surface area contributed by atoms with Gasteiger partial charge < -0.3 is 9.80 Å². The van der Waals surface area contributed by atoms with Crippen LogP contribution in [0, 0.1) is 49.3 Å². The molecule has 6 rings (SSSR count). The number of halogens is 3. The average molecular weight is 890 g/mol. The zero-order valence-corrected chi connectivity index (χ0v) is 32.1. The number of rotatable bonds is 9. The Labute approximate surface area is 308 Å². The van der Waals surface area contributed by atoms with Gasteiger partial charge >= 0.3 is 37.3 Å². The van der Waals surface area contributed by atoms with Crippen molar-refractivity contribution in [1.82, 2.24) is 0 Å². The van der Waals surface area contributed by atoms with Crippen molar-refractivity contribution in [3.8, 4) is 0 Å². The minimum Gasteiger partial charge on any atom is -0.358 e. The van der Waals surface area contributed by atoms with Crippen molar-refractivity contribution in [2.75, 3.05) is 22.3 Å². The van der Waals surface area contributed by atoms with Crippen LogP contribution >= 0.6 is 23.5 Å². The largest absolute Gasteiger partial charge is 3.00 e. The second kappa shape index (κ2) is 16.1. The topological polar surface area (TPSA) is 6.48 Å². The zero-order valence-electron chi connectivity index (χ0n) is 26.3. The number of hydrogen-bond acceptors (Lipinski definition) is 4. The Balaban J connectivity index is 0.00000433. The minimum atomic E-state index is -4.42. The van der Waals surface area contributed by atoms with Crippen LogP contribution in [0.25, 0.3) is 0 Å². The molecule has 1 radical (unpaired) electrons. The molecule has 0 unspecified atom stereocenters. The Morgan fingerprint density at radius 2 is 1.15 bits per heavy atom. The fourth-order valence-corrected chi connectivity index (χ4v) is 6.91. The Kier molecular flexibility index (Phi) is 12.2. The Morgan fingerprint density at radius 3 is 1.64 bits per heavy atom. The van der Waals surface area contributed by atoms with E-state index in [0.29, 0.717) is 11.6 Å². The summed E-state index contributed by atoms with van der Waals surface area (Å²) in [6.45, 7) is 0. The normalized spacial score (nSPS) is 13.6. The molecule has 5 aromatic carbocycles. The maximum Gasteiger partial charge on any atom is 3.00 e. The molecule has 237 valence electrons. The molecule has 5 aromatic rings. The van der Waals surface area contributed by atoms with Gasteiger partial charge in [-0.2, -0.15) is 78.7 Å². The summed E-state index contributed by atoms with van der Waals surface area (Å²) in [5.74, 6) is 0.371. The van der Waals surface area contributed by atoms with Gasteiger partial charge in [0, 0.05) is 11.4 Å². The van der Waals surface area contributed by atoms with Crippen molar-refractivity contribution in [1.29, 1.82) is 0 Å². The summed E-state index contributed by atoms with van der Waals surface area (Å²) >= 11 is 3.28. The molecule has 47 heavy (non-hydrogen) atoms. The monoisotopic (exact) mass is 889 g/mol. The summed E-state index contributed by atoms with van der Waals surface area (Å²) in [6, 6.07) is 42.5. The molecule has 1 aliphatic carbocycles. The van der Waals surface area contributed by atoms with Crippen LogP contribution < -0.4 is 9.80 Å². The predicted octanol–water partition coefficient (Wildman–Crippen LogP) is 12.5. The Bertz CT molecular complexity index is 1760. The van der Waals surface area contributed by atoms with Gasteiger partial charge in [-0.25, -0.2) is 0 Å². The van der Waals surface area contributed by atoms with Gasteiger partial charge in [0.05, 0.1) is 5.56 Å². The maximum atomic E-state index is 13.6. The van der Waals surface area contributed by atoms with Crippen molar-refractivity contribution in [2.45, 2.75) is 54.0 Å². The second-order valence-corrected chi connectivity index (χ2v) is 13.1. The Hall–Kier alpha value is -2.76. The van der Waals surface area contributed by atoms with Crippen LogP contribution in [0.2, 0.25) is 0 Å². The van der Waals surface area contributed by atoms with E-state index in [4.69, 9.17) is 0 Å². The first-order chi connectivity index (χ1) is 22.3. The molecule has 0 amide bonds. The molecular formula is C39H34F3N2S2U. The van der Waals surface area contributed by atoms with Crippen molar-refractivity contribution >= 4 is 57.6 Å². The van der Waals surface area contributed by atoms with Gasteiger partial charge in [-0.15, -0.1) is 40.1 Å². The van der Waals surface area contributed by atoms with Crippen LogP contribution in [0.3, 0.4) is 0 Å². The molecule has 0 aromatic heterocycles. The van der Waals surface area contributed by atoms with E-state index >= 15 is 0 Å². The number of thioether (sulfide) groups is 2. The molecule has 0 spiro atoms. The zero-order chi connectivity index (χ0) is 32.1. The third-order valence-electron chi connectivity index (χ3n) is 8.36. The maximum absolute atomic E-state index is 13.6. The van der Waals surface area contributed by atoms with Crippen molar-refractivity contribution in [2.24, 2.45) is 0 Å². The standard InChI is InChI=1S/C39H34F3N2S2.U/c1-45-37-17-9-15-33(26-37)43(31-13-7-4-8-14-31)35-23-29(28-11-5-3-6-12-28)24-36(25-35)44(34-16-10-18-38(27-34)46-2)32-21-19-30(20-22-32)39(40,41)42;/h4,7-10,13-14,17-24,26-28H,3,5-6,11-12H2,1-2H3;/q-3;+3. The molecule has 0 atom stereocenters. The van der Waals surface area contributed by atoms with Gasteiger partial charge in [0.1, 0.15) is 0 Å². The smallest absolute Gasteiger partial charge is 0.358 e. The summed E-state index contributed by atoms with van der Waals surface area (Å²) in [4.78, 5) is 6.29. The molecule has 0 bridgehead atoms. The molecular weight excluding hydrogens is 856 g/mol. The fraction of sp³-hybridized carbons (Fsp3) is 0.231. The van der Waals surface area contributed by atoms with Crippen LogP contribution in [0.1, 0.15) is 49.1 Å². The number of para-hydroxylation sites is 1. The minimum absolute atomic E-state index is 0. The molecule has 1 fully saturated rings. The molecule has 0 aliphatic heterocycles. The van der Waals surface area contributed by atoms with Crippen LogP contribution in [-0.4, -0.2) is 12.5 Å². The van der Waals surface area contributed by atoms with Gasteiger partial charge in [0.25, 0.3) is 0 Å². The van der Waals surface area contributed by atoms with E-state index in [1.165, 1.54) is 37.0 Å². The van der Waals surface area contributed by atoms with E-state index in [2.05, 4.69) is 59.7 Å². The van der Waals surface area contributed by atoms with E-state index in [9.17, 15) is 13.2 Å². The predicted molar refractivity (Wildman–Crippen MR) is 187 cm³/mol. The van der Waals surface area contributed by atoms with Gasteiger partial charge in [0.15, 0.2) is 0 Å². The van der Waals surface area contributed by atoms with Crippen molar-refractivity contribution in [3.05, 3.63) is 132 Å². The van der Waals surface area contributed by atoms with E-state index in [-0.39, 0.29) is 31.1 Å². The fourth-order valence-electron chi connectivity index (χ4n) is 6.05. The van der Waals surface area contributed by atoms with E-state index in [1.807, 2.05) is 59.7 Å². The quantitative estimate of drug-likeness (QED) is 0.107. The van der Waals surface area contributed by atoms with Crippen molar-refractivity contribution < 1.29 is 44.3 Å². The summed E-state index contributed by atoms with van der Waals surface area (Å²) in [7, 11) is 0. The molecule has 1 saturated carbocycles. The van der Waals surface area contributed by atoms with Crippen LogP contribution in [-0.2, 0) is 6.18 Å². The molecule has 0 heterocycles. The van der Waals surface area contributed by atoms with Crippen LogP contribution in [0.5, 0.6) is 0 Å². The van der Waals surface area contributed by atoms with Crippen molar-refractivity contribution in [3.63, 3.8) is 0 Å². The summed E-state index contributed by atoms with van der Waals surface area (Å²) in [5, 5.41) is 0. The molecule has 2 nitrogen and oxygen atoms in total. The van der Waals surface area contributed by atoms with E-state index in [0.717, 1.165) is 63.2 Å². The van der Waals surface area contributed by atoms with E-state index in [1.54, 1.807) is 23.5 Å². The second-order valence-electron chi connectivity index (χ2n) is 11.3. The third kappa shape index (κ3) is 8.46. The van der Waals surface area contributed by atoms with Gasteiger partial charge in [-0.1, -0.05) is 60.2 Å². The number of hydrogen-bond donors (Lipinski definition) is 0. The molecule has 1 aliphatic rings. The Morgan fingerprint density at radius 1 is 0.638 bits per heavy atom. The SMILES string of the molecule is CSc1cc[c-]c(N(c2[c-]c(N(c3[c-]ccc(SC)c3)c3ccc(C(F)(F)F)cc3)cc(C3CCCCC3)c2)c2ccccc2)c1.[U+3]. The summed E-state index contributed by atoms with van der Waals surface area (Å²) in [6.07, 6.45) is 5.40. The third-order valence-corrected chi connectivity index (χ3v) is 9.81. The van der Waals surface area contributed by atoms with Gasteiger partial charge in [-0.3, -0.25) is 0 Å². The van der Waals surface area contributed by atoms with Gasteiger partial charge in [-0.05, 0) is 67.7 Å². The van der Waals surface area contributed by atoms with Crippen LogP contribution in [0.4, 0.5) is 47.3 Å². The summed E-state index contributed by atoms with van der Waals surface area (Å²) < 4.78 is 40.8. The first kappa shape index (κ1) is 35.5. The first-order valence-electron chi connectivity index (χ1n) is 15.4. The summed E-state index contributed by atoms with van der Waals surface area (Å²) in [5.41, 5.74) is 5.30. The number of alkyl halides is 3. The first-order valence-corrected chi connectivity index (χ1v) is 17.8. The van der Waals surface area contributed by atoms with E-state index < -0.39 is 11.7 Å². The van der Waals surface area contributed by atoms with Gasteiger partial charge in [0.2, 0.25) is 0 Å². The molecule has 0 saturated heterocycles. The number of nitrogens with zero attached hydrogens (tertiary/aromatic N) is 2. The van der Waals surface area contributed by atoms with Crippen LogP contribution in [0.15, 0.2) is 113 Å². The molecule has 8 heteroatoms. The number of benzene rings is 5. The molecule has 0 N–H and O–H groups in total. The number of anilines is 6.